The van der Waals surface area contributed by atoms with Crippen molar-refractivity contribution in [2.45, 2.75) is 201 Å². The highest BCUT2D eigenvalue weighted by Gasteiger charge is 2.53. The third kappa shape index (κ3) is 15.1. The maximum atomic E-state index is 12.5. The molecule has 412 valence electrons. The predicted molar refractivity (Wildman–Crippen MR) is 258 cm³/mol. The molecule has 2 aliphatic carbocycles. The van der Waals surface area contributed by atoms with Crippen molar-refractivity contribution in [2.75, 3.05) is 54.5 Å². The second kappa shape index (κ2) is 25.4. The summed E-state index contributed by atoms with van der Waals surface area (Å²) in [7, 11) is 6.88. The van der Waals surface area contributed by atoms with Crippen LogP contribution in [-0.2, 0) is 42.6 Å². The topological polar surface area (TPSA) is 360 Å². The molecule has 2 saturated carbocycles. The fraction of sp³-hybridized carbons (Fsp3) is 0.894. The zero-order valence-corrected chi connectivity index (χ0v) is 43.4. The van der Waals surface area contributed by atoms with Crippen molar-refractivity contribution in [1.29, 1.82) is 0 Å². The van der Waals surface area contributed by atoms with E-state index in [0.717, 1.165) is 5.76 Å². The minimum Gasteiger partial charge on any atom is -0.467 e. The van der Waals surface area contributed by atoms with E-state index >= 15 is 0 Å². The monoisotopic (exact) mass is 1020 g/mol. The van der Waals surface area contributed by atoms with Gasteiger partial charge < -0.3 is 117 Å². The number of hydrogen-bond acceptors (Lipinski definition) is 23. The van der Waals surface area contributed by atoms with Crippen LogP contribution in [0.4, 0.5) is 4.79 Å². The summed E-state index contributed by atoms with van der Waals surface area (Å²) in [5, 5.41) is 79.7. The lowest BCUT2D eigenvalue weighted by Gasteiger charge is -2.48. The smallest absolute Gasteiger partial charge is 0.408 e. The van der Waals surface area contributed by atoms with Crippen LogP contribution < -0.4 is 43.8 Å². The molecule has 0 bridgehead atoms. The summed E-state index contributed by atoms with van der Waals surface area (Å²) >= 11 is 0. The van der Waals surface area contributed by atoms with Crippen molar-refractivity contribution < 1.29 is 78.1 Å². The molecule has 1 amide bonds. The lowest BCUT2D eigenvalue weighted by atomic mass is 9.80. The Bertz CT molecular complexity index is 1750. The van der Waals surface area contributed by atoms with Crippen LogP contribution in [0.25, 0.3) is 0 Å². The number of amides is 1. The first-order valence-corrected chi connectivity index (χ1v) is 24.9. The quantitative estimate of drug-likeness (QED) is 0.0777. The average Bonchev–Trinajstić information content (AvgIpc) is 3.27. The third-order valence-electron chi connectivity index (χ3n) is 13.9. The SMILES string of the molecule is CNCC1=CC[C@@H](N)[C@@H](O[C@H]2[C@H](O)[C@@H](O[C@H]3OC[C@](C)(O)[C@H](NC)[C@H]3O)[C@H](N)C[C@@H]2C)O1.CNCC1=CC[C@@H](NC(=O)OC(C)(C)C)[C@@H](O[C@H]2[C@H](O)[C@@H](O[C@H]3OC[C@](C)(O)[C@H](NC)[C@H]3O)[C@H](N)C[C@@H]2C)O1. The molecule has 2 saturated heterocycles. The number of carbonyl (C=O) groups is 1. The molecular formula is C47H88N8O16. The second-order valence-electron chi connectivity index (χ2n) is 21.5. The molecule has 6 aliphatic rings. The molecule has 24 heteroatoms. The van der Waals surface area contributed by atoms with Crippen LogP contribution >= 0.6 is 0 Å². The largest absolute Gasteiger partial charge is 0.467 e. The van der Waals surface area contributed by atoms with Crippen molar-refractivity contribution in [1.82, 2.24) is 26.6 Å². The number of aliphatic hydroxyl groups excluding tert-OH is 4. The van der Waals surface area contributed by atoms with Crippen LogP contribution in [0.1, 0.15) is 74.1 Å². The molecule has 0 spiro atoms. The van der Waals surface area contributed by atoms with Crippen molar-refractivity contribution in [2.24, 2.45) is 29.0 Å². The second-order valence-corrected chi connectivity index (χ2v) is 21.5. The minimum absolute atomic E-state index is 0.0417. The summed E-state index contributed by atoms with van der Waals surface area (Å²) in [6.07, 6.45) is -6.41. The van der Waals surface area contributed by atoms with Gasteiger partial charge in [-0.1, -0.05) is 13.8 Å². The fourth-order valence-corrected chi connectivity index (χ4v) is 10.2. The lowest BCUT2D eigenvalue weighted by molar-refractivity contribution is -0.305. The lowest BCUT2D eigenvalue weighted by Crippen LogP contribution is -2.67. The normalized spacial score (nSPS) is 44.2. The van der Waals surface area contributed by atoms with Gasteiger partial charge in [-0.2, -0.15) is 0 Å². The van der Waals surface area contributed by atoms with Crippen LogP contribution in [0, 0.1) is 11.8 Å². The molecule has 17 N–H and O–H groups in total. The van der Waals surface area contributed by atoms with Crippen molar-refractivity contribution in [3.8, 4) is 0 Å². The molecule has 0 aromatic heterocycles. The van der Waals surface area contributed by atoms with E-state index in [1.807, 2.05) is 33.0 Å². The molecule has 22 atom stereocenters. The molecule has 0 aromatic carbocycles. The van der Waals surface area contributed by atoms with Crippen molar-refractivity contribution in [3.05, 3.63) is 23.7 Å². The first-order valence-electron chi connectivity index (χ1n) is 24.9. The summed E-state index contributed by atoms with van der Waals surface area (Å²) in [4.78, 5) is 12.5. The van der Waals surface area contributed by atoms with Crippen LogP contribution in [0.5, 0.6) is 0 Å². The molecular weight excluding hydrogens is 933 g/mol. The number of aliphatic hydroxyl groups is 6. The van der Waals surface area contributed by atoms with Gasteiger partial charge in [-0.05, 0) is 112 Å². The van der Waals surface area contributed by atoms with Gasteiger partial charge in [0.1, 0.15) is 64.9 Å². The Labute approximate surface area is 418 Å². The van der Waals surface area contributed by atoms with Crippen LogP contribution in [0.3, 0.4) is 0 Å². The van der Waals surface area contributed by atoms with E-state index < -0.39 is 127 Å². The summed E-state index contributed by atoms with van der Waals surface area (Å²) in [6, 6.07) is -3.39. The van der Waals surface area contributed by atoms with Crippen molar-refractivity contribution >= 4 is 6.09 Å². The fourth-order valence-electron chi connectivity index (χ4n) is 10.2. The highest BCUT2D eigenvalue weighted by molar-refractivity contribution is 5.68. The highest BCUT2D eigenvalue weighted by atomic mass is 16.7. The van der Waals surface area contributed by atoms with E-state index in [4.69, 9.17) is 59.8 Å². The van der Waals surface area contributed by atoms with Gasteiger partial charge in [-0.3, -0.25) is 0 Å². The Morgan fingerprint density at radius 2 is 1.06 bits per heavy atom. The Hall–Kier alpha value is -2.41. The Morgan fingerprint density at radius 3 is 1.48 bits per heavy atom. The third-order valence-corrected chi connectivity index (χ3v) is 13.9. The molecule has 0 unspecified atom stereocenters. The van der Waals surface area contributed by atoms with Crippen LogP contribution in [0.2, 0.25) is 0 Å². The number of carbonyl (C=O) groups excluding carboxylic acids is 1. The number of ether oxygens (including phenoxy) is 9. The zero-order chi connectivity index (χ0) is 52.7. The molecule has 24 nitrogen and oxygen atoms in total. The van der Waals surface area contributed by atoms with Crippen molar-refractivity contribution in [3.63, 3.8) is 0 Å². The Kier molecular flexibility index (Phi) is 21.3. The summed E-state index contributed by atoms with van der Waals surface area (Å²) in [5.74, 6) is 1.14. The summed E-state index contributed by atoms with van der Waals surface area (Å²) in [5.41, 5.74) is 15.6. The molecule has 71 heavy (non-hydrogen) atoms. The van der Waals surface area contributed by atoms with E-state index in [1.165, 1.54) is 0 Å². The van der Waals surface area contributed by atoms with Crippen LogP contribution in [0.15, 0.2) is 23.7 Å². The summed E-state index contributed by atoms with van der Waals surface area (Å²) in [6.45, 7) is 13.2. The summed E-state index contributed by atoms with van der Waals surface area (Å²) < 4.78 is 53.1. The van der Waals surface area contributed by atoms with E-state index in [2.05, 4.69) is 26.6 Å². The number of likely N-dealkylation sites (N-methyl/N-ethyl adjacent to an activating group) is 4. The average molecular weight is 1020 g/mol. The van der Waals surface area contributed by atoms with Gasteiger partial charge >= 0.3 is 6.09 Å². The van der Waals surface area contributed by atoms with E-state index in [0.29, 0.717) is 44.5 Å². The number of nitrogens with one attached hydrogen (secondary N) is 5. The minimum atomic E-state index is -1.31. The van der Waals surface area contributed by atoms with Gasteiger partial charge in [0, 0.05) is 12.1 Å². The number of alkyl carbamates (subject to hydrolysis) is 1. The first-order chi connectivity index (χ1) is 33.2. The molecule has 4 heterocycles. The standard InChI is InChI=1S/C26H48N4O9.C21H40N4O7/c1-13-10-15(27)20(38-23-18(32)21(29-7)26(5,34)12-35-23)17(31)19(13)37-22-16(9-8-14(36-22)11-28-6)30-24(33)39-25(2,3)4;1-10-7-13(23)17(32-20-15(27)18(25-4)21(2,28)9-29-20)14(26)16(10)31-19-12(22)6-5-11(30-19)8-24-3/h8,13,15-23,28-29,31-32,34H,9-12,27H2,1-7H3,(H,30,33);5,10,12-20,24-28H,6-9,22-23H2,1-4H3/t13-,15+,16+,17-,18+,19+,20-,21+,22+,23+,26-;10-,12+,13+,14-,15+,16+,17-,18+,19+,20+,21-/m00/s1. The van der Waals surface area contributed by atoms with Crippen LogP contribution in [-0.4, -0.2) is 218 Å². The maximum Gasteiger partial charge on any atom is 0.408 e. The molecule has 6 rings (SSSR count). The Balaban J connectivity index is 0.000000269. The molecule has 0 radical (unpaired) electrons. The molecule has 4 fully saturated rings. The van der Waals surface area contributed by atoms with E-state index in [1.54, 1.807) is 55.8 Å². The van der Waals surface area contributed by atoms with Gasteiger partial charge in [0.25, 0.3) is 0 Å². The zero-order valence-electron chi connectivity index (χ0n) is 43.4. The van der Waals surface area contributed by atoms with Gasteiger partial charge in [-0.15, -0.1) is 0 Å². The first kappa shape index (κ1) is 59.5. The molecule has 4 aliphatic heterocycles. The van der Waals surface area contributed by atoms with E-state index in [9.17, 15) is 35.4 Å². The molecule has 0 aromatic rings. The maximum absolute atomic E-state index is 12.5. The van der Waals surface area contributed by atoms with Gasteiger partial charge in [0.05, 0.1) is 62.7 Å². The number of rotatable bonds is 15. The van der Waals surface area contributed by atoms with Gasteiger partial charge in [0.2, 0.25) is 12.6 Å². The highest BCUT2D eigenvalue weighted by Crippen LogP contribution is 2.36. The van der Waals surface area contributed by atoms with Gasteiger partial charge in [-0.25, -0.2) is 4.79 Å². The predicted octanol–water partition coefficient (Wildman–Crippen LogP) is -3.00. The van der Waals surface area contributed by atoms with E-state index in [-0.39, 0.29) is 31.1 Å². The number of hydrogen-bond donors (Lipinski definition) is 14. The number of nitrogens with two attached hydrogens (primary N) is 3. The van der Waals surface area contributed by atoms with Gasteiger partial charge in [0.15, 0.2) is 12.6 Å². The Morgan fingerprint density at radius 1 is 0.648 bits per heavy atom.